The zero-order chi connectivity index (χ0) is 14.3. The van der Waals surface area contributed by atoms with Gasteiger partial charge in [-0.05, 0) is 34.7 Å². The summed E-state index contributed by atoms with van der Waals surface area (Å²) in [5, 5.41) is 18.2. The third-order valence-electron chi connectivity index (χ3n) is 3.04. The van der Waals surface area contributed by atoms with Crippen molar-refractivity contribution in [1.29, 1.82) is 0 Å². The molecule has 0 spiro atoms. The van der Waals surface area contributed by atoms with Gasteiger partial charge in [-0.3, -0.25) is 0 Å². The van der Waals surface area contributed by atoms with E-state index in [1.165, 1.54) is 5.56 Å². The zero-order valence-corrected chi connectivity index (χ0v) is 12.0. The number of nitrogens with one attached hydrogen (secondary N) is 2. The molecule has 3 N–H and O–H groups in total. The molecule has 0 aliphatic rings. The zero-order valence-electron chi connectivity index (χ0n) is 11.2. The number of hydrogen-bond acceptors (Lipinski definition) is 3. The Morgan fingerprint density at radius 2 is 2.21 bits per heavy atom. The number of aliphatic carboxylic acids is 1. The lowest BCUT2D eigenvalue weighted by Crippen LogP contribution is -2.49. The Morgan fingerprint density at radius 3 is 2.74 bits per heavy atom. The van der Waals surface area contributed by atoms with E-state index in [1.807, 2.05) is 30.7 Å². The second-order valence-electron chi connectivity index (χ2n) is 4.48. The van der Waals surface area contributed by atoms with Gasteiger partial charge in [0.15, 0.2) is 0 Å². The van der Waals surface area contributed by atoms with E-state index in [0.29, 0.717) is 13.0 Å². The van der Waals surface area contributed by atoms with Crippen molar-refractivity contribution in [3.63, 3.8) is 0 Å². The Labute approximate surface area is 117 Å². The summed E-state index contributed by atoms with van der Waals surface area (Å²) in [5.74, 6) is -1.09. The van der Waals surface area contributed by atoms with E-state index in [1.54, 1.807) is 11.3 Å². The molecule has 0 fully saturated rings. The molecule has 0 aromatic carbocycles. The van der Waals surface area contributed by atoms with Crippen LogP contribution in [0.25, 0.3) is 0 Å². The predicted octanol–water partition coefficient (Wildman–Crippen LogP) is 2.09. The first kappa shape index (κ1) is 15.5. The van der Waals surface area contributed by atoms with Crippen LogP contribution in [0.1, 0.15) is 25.8 Å². The van der Waals surface area contributed by atoms with Crippen LogP contribution in [0.15, 0.2) is 16.8 Å². The molecule has 1 unspecified atom stereocenters. The van der Waals surface area contributed by atoms with E-state index >= 15 is 0 Å². The monoisotopic (exact) mass is 284 g/mol. The molecule has 1 heterocycles. The maximum absolute atomic E-state index is 11.6. The normalized spacial score (nSPS) is 13.6. The number of carboxylic acid groups (broad SMARTS) is 1. The van der Waals surface area contributed by atoms with E-state index in [0.717, 1.165) is 6.42 Å². The first-order chi connectivity index (χ1) is 9.04. The number of carboxylic acids is 1. The second kappa shape index (κ2) is 7.78. The average Bonchev–Trinajstić information content (AvgIpc) is 2.87. The summed E-state index contributed by atoms with van der Waals surface area (Å²) in [5.41, 5.74) is 1.17. The number of urea groups is 1. The standard InChI is InChI=1S/C13H20N2O3S/c1-3-9(2)11(12(16)17)15-13(18)14-6-4-10-5-7-19-8-10/h5,7-9,11H,3-4,6H2,1-2H3,(H,16,17)(H2,14,15,18)/t9?,11-/m0/s1. The number of hydrogen-bond donors (Lipinski definition) is 3. The van der Waals surface area contributed by atoms with Gasteiger partial charge in [0.2, 0.25) is 0 Å². The van der Waals surface area contributed by atoms with Gasteiger partial charge in [0, 0.05) is 6.54 Å². The van der Waals surface area contributed by atoms with Gasteiger partial charge in [0.25, 0.3) is 0 Å². The van der Waals surface area contributed by atoms with Gasteiger partial charge in [-0.25, -0.2) is 9.59 Å². The summed E-state index contributed by atoms with van der Waals surface area (Å²) < 4.78 is 0. The minimum atomic E-state index is -0.998. The highest BCUT2D eigenvalue weighted by Crippen LogP contribution is 2.08. The van der Waals surface area contributed by atoms with Crippen molar-refractivity contribution in [3.8, 4) is 0 Å². The van der Waals surface area contributed by atoms with Crippen molar-refractivity contribution in [2.24, 2.45) is 5.92 Å². The molecule has 1 rings (SSSR count). The fraction of sp³-hybridized carbons (Fsp3) is 0.538. The highest BCUT2D eigenvalue weighted by Gasteiger charge is 2.24. The van der Waals surface area contributed by atoms with E-state index < -0.39 is 18.0 Å². The van der Waals surface area contributed by atoms with Crippen LogP contribution in [0.4, 0.5) is 4.79 Å². The summed E-state index contributed by atoms with van der Waals surface area (Å²) >= 11 is 1.61. The third kappa shape index (κ3) is 5.30. The first-order valence-corrected chi connectivity index (χ1v) is 7.27. The molecule has 5 nitrogen and oxygen atoms in total. The van der Waals surface area contributed by atoms with Gasteiger partial charge in [0.05, 0.1) is 0 Å². The lowest BCUT2D eigenvalue weighted by Gasteiger charge is -2.20. The van der Waals surface area contributed by atoms with Crippen molar-refractivity contribution in [2.75, 3.05) is 6.54 Å². The Morgan fingerprint density at radius 1 is 1.47 bits per heavy atom. The Bertz CT molecular complexity index is 406. The molecule has 1 aromatic rings. The average molecular weight is 284 g/mol. The summed E-state index contributed by atoms with van der Waals surface area (Å²) in [4.78, 5) is 22.7. The predicted molar refractivity (Wildman–Crippen MR) is 75.4 cm³/mol. The van der Waals surface area contributed by atoms with E-state index in [4.69, 9.17) is 5.11 Å². The van der Waals surface area contributed by atoms with Gasteiger partial charge >= 0.3 is 12.0 Å². The highest BCUT2D eigenvalue weighted by atomic mass is 32.1. The lowest BCUT2D eigenvalue weighted by atomic mass is 9.99. The Balaban J connectivity index is 2.34. The van der Waals surface area contributed by atoms with Crippen molar-refractivity contribution >= 4 is 23.3 Å². The largest absolute Gasteiger partial charge is 0.480 e. The smallest absolute Gasteiger partial charge is 0.326 e. The number of rotatable bonds is 7. The van der Waals surface area contributed by atoms with Crippen LogP contribution in [0.5, 0.6) is 0 Å². The summed E-state index contributed by atoms with van der Waals surface area (Å²) in [6.45, 7) is 4.20. The fourth-order valence-corrected chi connectivity index (χ4v) is 2.33. The van der Waals surface area contributed by atoms with Crippen LogP contribution < -0.4 is 10.6 Å². The number of carbonyl (C=O) groups excluding carboxylic acids is 1. The van der Waals surface area contributed by atoms with Gasteiger partial charge < -0.3 is 15.7 Å². The molecular formula is C13H20N2O3S. The van der Waals surface area contributed by atoms with Crippen molar-refractivity contribution in [3.05, 3.63) is 22.4 Å². The maximum atomic E-state index is 11.6. The highest BCUT2D eigenvalue weighted by molar-refractivity contribution is 7.07. The number of thiophene rings is 1. The molecule has 0 aliphatic heterocycles. The van der Waals surface area contributed by atoms with Gasteiger partial charge in [-0.15, -0.1) is 0 Å². The van der Waals surface area contributed by atoms with Crippen LogP contribution in [-0.4, -0.2) is 29.7 Å². The van der Waals surface area contributed by atoms with E-state index in [9.17, 15) is 9.59 Å². The minimum absolute atomic E-state index is 0.0971. The lowest BCUT2D eigenvalue weighted by molar-refractivity contribution is -0.140. The molecule has 1 aromatic heterocycles. The maximum Gasteiger partial charge on any atom is 0.326 e. The Hall–Kier alpha value is -1.56. The second-order valence-corrected chi connectivity index (χ2v) is 5.26. The fourth-order valence-electron chi connectivity index (χ4n) is 1.63. The van der Waals surface area contributed by atoms with Crippen LogP contribution in [0.3, 0.4) is 0 Å². The SMILES string of the molecule is CCC(C)[C@H](NC(=O)NCCc1ccsc1)C(=O)O. The summed E-state index contributed by atoms with van der Waals surface area (Å²) in [6.07, 6.45) is 1.45. The molecule has 0 saturated heterocycles. The van der Waals surface area contributed by atoms with Crippen LogP contribution >= 0.6 is 11.3 Å². The molecule has 0 aliphatic carbocycles. The van der Waals surface area contributed by atoms with Crippen LogP contribution in [-0.2, 0) is 11.2 Å². The molecular weight excluding hydrogens is 264 g/mol. The van der Waals surface area contributed by atoms with Crippen molar-refractivity contribution < 1.29 is 14.7 Å². The first-order valence-electron chi connectivity index (χ1n) is 6.32. The van der Waals surface area contributed by atoms with Crippen LogP contribution in [0.2, 0.25) is 0 Å². The quantitative estimate of drug-likeness (QED) is 0.717. The topological polar surface area (TPSA) is 78.4 Å². The minimum Gasteiger partial charge on any atom is -0.480 e. The summed E-state index contributed by atoms with van der Waals surface area (Å²) in [7, 11) is 0. The molecule has 0 bridgehead atoms. The van der Waals surface area contributed by atoms with Gasteiger partial charge in [-0.2, -0.15) is 11.3 Å². The van der Waals surface area contributed by atoms with Gasteiger partial charge in [0.1, 0.15) is 6.04 Å². The number of amides is 2. The third-order valence-corrected chi connectivity index (χ3v) is 3.78. The molecule has 0 saturated carbocycles. The molecule has 106 valence electrons. The molecule has 6 heteroatoms. The Kier molecular flexibility index (Phi) is 6.35. The number of carbonyl (C=O) groups is 2. The summed E-state index contributed by atoms with van der Waals surface area (Å²) in [6, 6.07) is 0.734. The molecule has 19 heavy (non-hydrogen) atoms. The van der Waals surface area contributed by atoms with Gasteiger partial charge in [-0.1, -0.05) is 20.3 Å². The van der Waals surface area contributed by atoms with E-state index in [2.05, 4.69) is 10.6 Å². The molecule has 0 radical (unpaired) electrons. The molecule has 2 atom stereocenters. The van der Waals surface area contributed by atoms with Crippen molar-refractivity contribution in [2.45, 2.75) is 32.7 Å². The van der Waals surface area contributed by atoms with E-state index in [-0.39, 0.29) is 5.92 Å². The van der Waals surface area contributed by atoms with Crippen LogP contribution in [0, 0.1) is 5.92 Å². The van der Waals surface area contributed by atoms with Crippen molar-refractivity contribution in [1.82, 2.24) is 10.6 Å². The molecule has 2 amide bonds.